The predicted molar refractivity (Wildman–Crippen MR) is 55.7 cm³/mol. The average molecular weight is 269 g/mol. The lowest BCUT2D eigenvalue weighted by atomic mass is 9.99. The summed E-state index contributed by atoms with van der Waals surface area (Å²) in [4.78, 5) is 0. The van der Waals surface area contributed by atoms with E-state index in [-0.39, 0.29) is 5.56 Å². The van der Waals surface area contributed by atoms with Crippen LogP contribution in [0.5, 0.6) is 5.75 Å². The van der Waals surface area contributed by atoms with Crippen molar-refractivity contribution in [2.45, 2.75) is 25.1 Å². The highest BCUT2D eigenvalue weighted by Gasteiger charge is 2.61. The molecule has 0 bridgehead atoms. The number of methoxy groups -OCH3 is 1. The molecule has 0 unspecified atom stereocenters. The maximum absolute atomic E-state index is 13.0. The summed E-state index contributed by atoms with van der Waals surface area (Å²) in [6.07, 6.45) is -5.68. The fourth-order valence-corrected chi connectivity index (χ4v) is 1.48. The Morgan fingerprint density at radius 2 is 1.72 bits per heavy atom. The number of hydrogen-bond acceptors (Lipinski definition) is 2. The Morgan fingerprint density at radius 3 is 2.11 bits per heavy atom. The third-order valence-corrected chi connectivity index (χ3v) is 2.55. The highest BCUT2D eigenvalue weighted by atomic mass is 19.4. The standard InChI is InChI=1S/C11H12F5NO/c1-6-5-7(3-4-8(6)18-2)9(17)10(12,13)11(14,15)16/h3-5,9H,17H2,1-2H3/t9-/m0/s1. The van der Waals surface area contributed by atoms with Gasteiger partial charge in [-0.2, -0.15) is 22.0 Å². The molecule has 0 radical (unpaired) electrons. The maximum atomic E-state index is 13.0. The summed E-state index contributed by atoms with van der Waals surface area (Å²) in [6, 6.07) is 1.11. The second kappa shape index (κ2) is 4.72. The minimum absolute atomic E-state index is 0.296. The molecule has 0 saturated heterocycles. The van der Waals surface area contributed by atoms with Gasteiger partial charge in [-0.15, -0.1) is 0 Å². The fourth-order valence-electron chi connectivity index (χ4n) is 1.48. The van der Waals surface area contributed by atoms with E-state index in [0.717, 1.165) is 12.1 Å². The molecule has 18 heavy (non-hydrogen) atoms. The molecule has 2 N–H and O–H groups in total. The Bertz CT molecular complexity index is 430. The number of nitrogens with two attached hydrogens (primary N) is 1. The molecule has 7 heteroatoms. The van der Waals surface area contributed by atoms with Crippen molar-refractivity contribution in [2.75, 3.05) is 7.11 Å². The van der Waals surface area contributed by atoms with E-state index < -0.39 is 18.1 Å². The quantitative estimate of drug-likeness (QED) is 0.855. The molecule has 0 fully saturated rings. The van der Waals surface area contributed by atoms with Gasteiger partial charge in [0.15, 0.2) is 0 Å². The second-order valence-corrected chi connectivity index (χ2v) is 3.83. The summed E-state index contributed by atoms with van der Waals surface area (Å²) in [7, 11) is 1.37. The van der Waals surface area contributed by atoms with Gasteiger partial charge in [-0.3, -0.25) is 0 Å². The molecule has 1 atom stereocenters. The van der Waals surface area contributed by atoms with E-state index in [0.29, 0.717) is 11.3 Å². The number of halogens is 5. The SMILES string of the molecule is COc1ccc([C@H](N)C(F)(F)C(F)(F)F)cc1C. The molecule has 0 aliphatic rings. The minimum Gasteiger partial charge on any atom is -0.496 e. The van der Waals surface area contributed by atoms with E-state index >= 15 is 0 Å². The summed E-state index contributed by atoms with van der Waals surface area (Å²) < 4.78 is 67.4. The third kappa shape index (κ3) is 2.55. The van der Waals surface area contributed by atoms with Gasteiger partial charge in [-0.25, -0.2) is 0 Å². The first-order valence-corrected chi connectivity index (χ1v) is 4.96. The van der Waals surface area contributed by atoms with E-state index in [2.05, 4.69) is 0 Å². The van der Waals surface area contributed by atoms with Crippen LogP contribution in [0, 0.1) is 6.92 Å². The lowest BCUT2D eigenvalue weighted by Crippen LogP contribution is -2.45. The van der Waals surface area contributed by atoms with E-state index in [1.165, 1.54) is 20.1 Å². The molecule has 0 aliphatic heterocycles. The Hall–Kier alpha value is -1.37. The van der Waals surface area contributed by atoms with Crippen LogP contribution in [0.25, 0.3) is 0 Å². The fraction of sp³-hybridized carbons (Fsp3) is 0.455. The molecule has 0 amide bonds. The van der Waals surface area contributed by atoms with Crippen molar-refractivity contribution in [1.29, 1.82) is 0 Å². The van der Waals surface area contributed by atoms with E-state index in [1.807, 2.05) is 0 Å². The molecule has 0 heterocycles. The normalized spacial score (nSPS) is 14.4. The lowest BCUT2D eigenvalue weighted by molar-refractivity contribution is -0.291. The van der Waals surface area contributed by atoms with Crippen molar-refractivity contribution in [3.8, 4) is 5.75 Å². The van der Waals surface area contributed by atoms with Gasteiger partial charge >= 0.3 is 12.1 Å². The zero-order valence-corrected chi connectivity index (χ0v) is 9.68. The van der Waals surface area contributed by atoms with Crippen LogP contribution in [0.1, 0.15) is 17.2 Å². The molecule has 1 aromatic carbocycles. The number of hydrogen-bond donors (Lipinski definition) is 1. The Morgan fingerprint density at radius 1 is 1.17 bits per heavy atom. The number of benzene rings is 1. The van der Waals surface area contributed by atoms with Crippen LogP contribution >= 0.6 is 0 Å². The molecule has 0 saturated carbocycles. The Labute approximate surface area is 101 Å². The Balaban J connectivity index is 3.12. The van der Waals surface area contributed by atoms with Crippen molar-refractivity contribution in [1.82, 2.24) is 0 Å². The first kappa shape index (κ1) is 14.7. The molecule has 1 aromatic rings. The van der Waals surface area contributed by atoms with Crippen LogP contribution in [-0.2, 0) is 0 Å². The van der Waals surface area contributed by atoms with Crippen molar-refractivity contribution < 1.29 is 26.7 Å². The number of rotatable bonds is 3. The molecular weight excluding hydrogens is 257 g/mol. The molecular formula is C11H12F5NO. The molecule has 0 aromatic heterocycles. The molecule has 102 valence electrons. The highest BCUT2D eigenvalue weighted by molar-refractivity contribution is 5.38. The molecule has 0 aliphatic carbocycles. The van der Waals surface area contributed by atoms with Gasteiger partial charge in [0.05, 0.1) is 7.11 Å². The summed E-state index contributed by atoms with van der Waals surface area (Å²) in [5.41, 5.74) is 5.15. The summed E-state index contributed by atoms with van der Waals surface area (Å²) in [5.74, 6) is -4.59. The van der Waals surface area contributed by atoms with E-state index in [1.54, 1.807) is 0 Å². The van der Waals surface area contributed by atoms with Gasteiger partial charge in [-0.1, -0.05) is 12.1 Å². The van der Waals surface area contributed by atoms with Gasteiger partial charge in [0.2, 0.25) is 0 Å². The highest BCUT2D eigenvalue weighted by Crippen LogP contribution is 2.43. The molecule has 1 rings (SSSR count). The zero-order chi connectivity index (χ0) is 14.1. The third-order valence-electron chi connectivity index (χ3n) is 2.55. The van der Waals surface area contributed by atoms with Crippen LogP contribution < -0.4 is 10.5 Å². The number of ether oxygens (including phenoxy) is 1. The maximum Gasteiger partial charge on any atom is 0.455 e. The first-order valence-electron chi connectivity index (χ1n) is 4.96. The monoisotopic (exact) mass is 269 g/mol. The van der Waals surface area contributed by atoms with Gasteiger partial charge in [-0.05, 0) is 24.1 Å². The van der Waals surface area contributed by atoms with Gasteiger partial charge in [0.1, 0.15) is 11.8 Å². The van der Waals surface area contributed by atoms with Gasteiger partial charge in [0.25, 0.3) is 0 Å². The summed E-state index contributed by atoms with van der Waals surface area (Å²) in [6.45, 7) is 1.53. The minimum atomic E-state index is -5.68. The summed E-state index contributed by atoms with van der Waals surface area (Å²) in [5, 5.41) is 0. The van der Waals surface area contributed by atoms with Gasteiger partial charge < -0.3 is 10.5 Å². The smallest absolute Gasteiger partial charge is 0.455 e. The Kier molecular flexibility index (Phi) is 3.85. The van der Waals surface area contributed by atoms with Crippen LogP contribution in [-0.4, -0.2) is 19.2 Å². The molecule has 2 nitrogen and oxygen atoms in total. The topological polar surface area (TPSA) is 35.2 Å². The second-order valence-electron chi connectivity index (χ2n) is 3.83. The summed E-state index contributed by atoms with van der Waals surface area (Å²) >= 11 is 0. The first-order chi connectivity index (χ1) is 8.11. The predicted octanol–water partition coefficient (Wildman–Crippen LogP) is 3.20. The van der Waals surface area contributed by atoms with Crippen LogP contribution in [0.3, 0.4) is 0 Å². The van der Waals surface area contributed by atoms with Crippen LogP contribution in [0.4, 0.5) is 22.0 Å². The zero-order valence-electron chi connectivity index (χ0n) is 9.68. The van der Waals surface area contributed by atoms with Crippen LogP contribution in [0.15, 0.2) is 18.2 Å². The van der Waals surface area contributed by atoms with Crippen molar-refractivity contribution >= 4 is 0 Å². The van der Waals surface area contributed by atoms with Crippen molar-refractivity contribution in [3.05, 3.63) is 29.3 Å². The average Bonchev–Trinajstić information content (AvgIpc) is 2.26. The van der Waals surface area contributed by atoms with Crippen LogP contribution in [0.2, 0.25) is 0 Å². The van der Waals surface area contributed by atoms with E-state index in [9.17, 15) is 22.0 Å². The lowest BCUT2D eigenvalue weighted by Gasteiger charge is -2.26. The largest absolute Gasteiger partial charge is 0.496 e. The van der Waals surface area contributed by atoms with E-state index in [4.69, 9.17) is 10.5 Å². The van der Waals surface area contributed by atoms with Crippen molar-refractivity contribution in [3.63, 3.8) is 0 Å². The number of aryl methyl sites for hydroxylation is 1. The number of alkyl halides is 5. The van der Waals surface area contributed by atoms with Crippen molar-refractivity contribution in [2.24, 2.45) is 5.73 Å². The molecule has 0 spiro atoms. The van der Waals surface area contributed by atoms with Gasteiger partial charge in [0, 0.05) is 0 Å².